The van der Waals surface area contributed by atoms with Crippen LogP contribution >= 0.6 is 0 Å². The fraction of sp³-hybridized carbons (Fsp3) is 0.429. The number of hydrogen-bond donors (Lipinski definition) is 2. The molecule has 0 aromatic heterocycles. The number of carbonyl (C=O) groups excluding carboxylic acids is 1. The maximum Gasteiger partial charge on any atom is 0.387 e. The van der Waals surface area contributed by atoms with Gasteiger partial charge in [0.1, 0.15) is 5.75 Å². The number of nitrogens with one attached hydrogen (secondary N) is 1. The van der Waals surface area contributed by atoms with Gasteiger partial charge in [0, 0.05) is 0 Å². The van der Waals surface area contributed by atoms with E-state index in [1.165, 1.54) is 12.1 Å². The molecule has 0 radical (unpaired) electrons. The van der Waals surface area contributed by atoms with Gasteiger partial charge < -0.3 is 15.2 Å². The Hall–Kier alpha value is -2.18. The maximum atomic E-state index is 12.0. The van der Waals surface area contributed by atoms with Crippen molar-refractivity contribution in [3.8, 4) is 5.75 Å². The zero-order valence-corrected chi connectivity index (χ0v) is 11.3. The van der Waals surface area contributed by atoms with Crippen molar-refractivity contribution >= 4 is 11.9 Å². The van der Waals surface area contributed by atoms with Gasteiger partial charge in [-0.15, -0.1) is 0 Å². The molecule has 5 nitrogen and oxygen atoms in total. The SMILES string of the molecule is CC(NC(=O)C1CC1C(=O)O)c1ccc(OC(F)F)cc1. The summed E-state index contributed by atoms with van der Waals surface area (Å²) in [6.07, 6.45) is 0.356. The van der Waals surface area contributed by atoms with Crippen LogP contribution in [0.5, 0.6) is 5.75 Å². The molecule has 0 spiro atoms. The van der Waals surface area contributed by atoms with E-state index in [1.54, 1.807) is 19.1 Å². The average Bonchev–Trinajstić information content (AvgIpc) is 3.19. The third kappa shape index (κ3) is 3.90. The second kappa shape index (κ2) is 6.07. The molecule has 1 aromatic rings. The number of halogens is 2. The van der Waals surface area contributed by atoms with Gasteiger partial charge in [-0.1, -0.05) is 12.1 Å². The van der Waals surface area contributed by atoms with Gasteiger partial charge in [-0.2, -0.15) is 8.78 Å². The molecular formula is C14H15F2NO4. The summed E-state index contributed by atoms with van der Waals surface area (Å²) in [6, 6.07) is 5.59. The number of amides is 1. The van der Waals surface area contributed by atoms with Gasteiger partial charge in [0.25, 0.3) is 0 Å². The highest BCUT2D eigenvalue weighted by Crippen LogP contribution is 2.39. The van der Waals surface area contributed by atoms with Crippen LogP contribution in [0.2, 0.25) is 0 Å². The van der Waals surface area contributed by atoms with Crippen molar-refractivity contribution < 1.29 is 28.2 Å². The van der Waals surface area contributed by atoms with E-state index in [0.29, 0.717) is 6.42 Å². The number of carboxylic acid groups (broad SMARTS) is 1. The molecule has 0 heterocycles. The van der Waals surface area contributed by atoms with Crippen molar-refractivity contribution in [3.63, 3.8) is 0 Å². The average molecular weight is 299 g/mol. The molecule has 0 saturated heterocycles. The molecule has 7 heteroatoms. The summed E-state index contributed by atoms with van der Waals surface area (Å²) in [7, 11) is 0. The molecule has 1 saturated carbocycles. The number of carboxylic acids is 1. The number of hydrogen-bond acceptors (Lipinski definition) is 3. The van der Waals surface area contributed by atoms with Crippen molar-refractivity contribution in [2.75, 3.05) is 0 Å². The summed E-state index contributed by atoms with van der Waals surface area (Å²) in [5.74, 6) is -2.30. The summed E-state index contributed by atoms with van der Waals surface area (Å²) in [4.78, 5) is 22.5. The van der Waals surface area contributed by atoms with Gasteiger partial charge in [-0.25, -0.2) is 0 Å². The monoisotopic (exact) mass is 299 g/mol. The summed E-state index contributed by atoms with van der Waals surface area (Å²) >= 11 is 0. The molecule has 1 aromatic carbocycles. The lowest BCUT2D eigenvalue weighted by atomic mass is 10.1. The fourth-order valence-electron chi connectivity index (χ4n) is 2.10. The van der Waals surface area contributed by atoms with Crippen molar-refractivity contribution in [2.45, 2.75) is 26.0 Å². The Bertz CT molecular complexity index is 532. The zero-order chi connectivity index (χ0) is 15.6. The van der Waals surface area contributed by atoms with Crippen molar-refractivity contribution in [1.82, 2.24) is 5.32 Å². The van der Waals surface area contributed by atoms with Crippen molar-refractivity contribution in [1.29, 1.82) is 0 Å². The quantitative estimate of drug-likeness (QED) is 0.844. The van der Waals surface area contributed by atoms with Crippen LogP contribution in [0, 0.1) is 11.8 Å². The smallest absolute Gasteiger partial charge is 0.387 e. The number of ether oxygens (including phenoxy) is 1. The van der Waals surface area contributed by atoms with Crippen molar-refractivity contribution in [2.24, 2.45) is 11.8 Å². The molecular weight excluding hydrogens is 284 g/mol. The number of rotatable bonds is 6. The second-order valence-electron chi connectivity index (χ2n) is 4.96. The molecule has 114 valence electrons. The van der Waals surface area contributed by atoms with Crippen LogP contribution in [0.15, 0.2) is 24.3 Å². The summed E-state index contributed by atoms with van der Waals surface area (Å²) in [5.41, 5.74) is 0.720. The van der Waals surface area contributed by atoms with E-state index in [2.05, 4.69) is 10.1 Å². The van der Waals surface area contributed by atoms with Crippen LogP contribution in [0.25, 0.3) is 0 Å². The zero-order valence-electron chi connectivity index (χ0n) is 11.3. The highest BCUT2D eigenvalue weighted by atomic mass is 19.3. The van der Waals surface area contributed by atoms with Gasteiger partial charge in [0.05, 0.1) is 17.9 Å². The van der Waals surface area contributed by atoms with Crippen LogP contribution in [-0.2, 0) is 9.59 Å². The van der Waals surface area contributed by atoms with Crippen LogP contribution in [0.4, 0.5) is 8.78 Å². The van der Waals surface area contributed by atoms with Gasteiger partial charge in [-0.05, 0) is 31.0 Å². The molecule has 0 aliphatic heterocycles. The largest absolute Gasteiger partial charge is 0.481 e. The van der Waals surface area contributed by atoms with E-state index in [-0.39, 0.29) is 17.7 Å². The van der Waals surface area contributed by atoms with E-state index in [9.17, 15) is 18.4 Å². The third-order valence-electron chi connectivity index (χ3n) is 3.41. The Kier molecular flexibility index (Phi) is 4.40. The van der Waals surface area contributed by atoms with Crippen molar-refractivity contribution in [3.05, 3.63) is 29.8 Å². The standard InChI is InChI=1S/C14H15F2NO4/c1-7(17-12(18)10-6-11(10)13(19)20)8-2-4-9(5-3-8)21-14(15)16/h2-5,7,10-11,14H,6H2,1H3,(H,17,18)(H,19,20). The first-order valence-electron chi connectivity index (χ1n) is 6.46. The van der Waals surface area contributed by atoms with Gasteiger partial charge in [-0.3, -0.25) is 9.59 Å². The lowest BCUT2D eigenvalue weighted by molar-refractivity contribution is -0.140. The van der Waals surface area contributed by atoms with Gasteiger partial charge >= 0.3 is 12.6 Å². The summed E-state index contributed by atoms with van der Waals surface area (Å²) in [5, 5.41) is 11.5. The molecule has 1 amide bonds. The van der Waals surface area contributed by atoms with Crippen LogP contribution in [0.3, 0.4) is 0 Å². The van der Waals surface area contributed by atoms with Crippen LogP contribution in [-0.4, -0.2) is 23.6 Å². The Morgan fingerprint density at radius 2 is 1.90 bits per heavy atom. The first-order chi connectivity index (χ1) is 9.88. The fourth-order valence-corrected chi connectivity index (χ4v) is 2.10. The Labute approximate surface area is 119 Å². The van der Waals surface area contributed by atoms with Gasteiger partial charge in [0.15, 0.2) is 0 Å². The summed E-state index contributed by atoms with van der Waals surface area (Å²) in [6.45, 7) is -1.14. The minimum Gasteiger partial charge on any atom is -0.481 e. The highest BCUT2D eigenvalue weighted by Gasteiger charge is 2.48. The molecule has 3 atom stereocenters. The molecule has 1 aliphatic carbocycles. The number of aliphatic carboxylic acids is 1. The first kappa shape index (κ1) is 15.2. The van der Waals surface area contributed by atoms with E-state index >= 15 is 0 Å². The minimum absolute atomic E-state index is 0.0420. The lowest BCUT2D eigenvalue weighted by Gasteiger charge is -2.15. The molecule has 21 heavy (non-hydrogen) atoms. The summed E-state index contributed by atoms with van der Waals surface area (Å²) < 4.78 is 28.3. The normalized spacial score (nSPS) is 21.7. The highest BCUT2D eigenvalue weighted by molar-refractivity contribution is 5.89. The van der Waals surface area contributed by atoms with Gasteiger partial charge in [0.2, 0.25) is 5.91 Å². The Balaban J connectivity index is 1.90. The predicted molar refractivity (Wildman–Crippen MR) is 68.9 cm³/mol. The van der Waals surface area contributed by atoms with E-state index in [0.717, 1.165) is 5.56 Å². The molecule has 0 bridgehead atoms. The second-order valence-corrected chi connectivity index (χ2v) is 4.96. The maximum absolute atomic E-state index is 12.0. The molecule has 2 N–H and O–H groups in total. The van der Waals surface area contributed by atoms with E-state index in [4.69, 9.17) is 5.11 Å². The molecule has 2 rings (SSSR count). The molecule has 1 aliphatic rings. The van der Waals surface area contributed by atoms with Crippen LogP contribution < -0.4 is 10.1 Å². The number of benzene rings is 1. The Morgan fingerprint density at radius 3 is 2.38 bits per heavy atom. The van der Waals surface area contributed by atoms with E-state index < -0.39 is 24.4 Å². The first-order valence-corrected chi connectivity index (χ1v) is 6.46. The van der Waals surface area contributed by atoms with E-state index in [1.807, 2.05) is 0 Å². The molecule has 3 unspecified atom stereocenters. The Morgan fingerprint density at radius 1 is 1.29 bits per heavy atom. The third-order valence-corrected chi connectivity index (χ3v) is 3.41. The van der Waals surface area contributed by atoms with Crippen LogP contribution in [0.1, 0.15) is 24.9 Å². The number of alkyl halides is 2. The predicted octanol–water partition coefficient (Wildman–Crippen LogP) is 2.19. The minimum atomic E-state index is -2.88. The topological polar surface area (TPSA) is 75.6 Å². The lowest BCUT2D eigenvalue weighted by Crippen LogP contribution is -2.29. The molecule has 1 fully saturated rings. The number of carbonyl (C=O) groups is 2.